The molecule has 5 heteroatoms. The zero-order valence-electron chi connectivity index (χ0n) is 10.2. The monoisotopic (exact) mass is 340 g/mol. The quantitative estimate of drug-likeness (QED) is 0.734. The number of aliphatic imine (C=N–C) groups is 1. The summed E-state index contributed by atoms with van der Waals surface area (Å²) in [6, 6.07) is 17.6. The first-order valence-electron chi connectivity index (χ1n) is 5.37. The van der Waals surface area contributed by atoms with Gasteiger partial charge in [0.25, 0.3) is 0 Å². The number of benzene rings is 2. The number of nitrogens with zero attached hydrogens (tertiary/aromatic N) is 1. The van der Waals surface area contributed by atoms with Crippen molar-refractivity contribution in [2.45, 2.75) is 0 Å². The summed E-state index contributed by atoms with van der Waals surface area (Å²) in [6.45, 7) is 0. The van der Waals surface area contributed by atoms with Gasteiger partial charge in [-0.25, -0.2) is 0 Å². The van der Waals surface area contributed by atoms with Crippen LogP contribution in [0.3, 0.4) is 0 Å². The average Bonchev–Trinajstić information content (AvgIpc) is 2.47. The Kier molecular flexibility index (Phi) is 8.33. The fraction of sp³-hybridized carbons (Fsp3) is 0.0714. The number of para-hydroxylation sites is 2. The topological polar surface area (TPSA) is 21.6 Å². The second-order valence-electron chi connectivity index (χ2n) is 3.38. The van der Waals surface area contributed by atoms with Crippen molar-refractivity contribution in [2.24, 2.45) is 4.99 Å². The van der Waals surface area contributed by atoms with Crippen molar-refractivity contribution in [1.82, 2.24) is 0 Å². The van der Waals surface area contributed by atoms with Gasteiger partial charge in [0, 0.05) is 11.8 Å². The van der Waals surface area contributed by atoms with Crippen molar-refractivity contribution in [3.8, 4) is 5.75 Å². The fourth-order valence-electron chi connectivity index (χ4n) is 1.43. The van der Waals surface area contributed by atoms with E-state index < -0.39 is 0 Å². The number of hydrogen-bond donors (Lipinski definition) is 0. The van der Waals surface area contributed by atoms with Crippen LogP contribution in [0, 0.1) is 0 Å². The zero-order valence-corrected chi connectivity index (χ0v) is 12.8. The molecule has 0 saturated heterocycles. The van der Waals surface area contributed by atoms with E-state index in [0.717, 1.165) is 17.0 Å². The van der Waals surface area contributed by atoms with Gasteiger partial charge in [-0.3, -0.25) is 4.99 Å². The Morgan fingerprint density at radius 3 is 2.21 bits per heavy atom. The van der Waals surface area contributed by atoms with Gasteiger partial charge in [-0.2, -0.15) is 0 Å². The fourth-order valence-corrected chi connectivity index (χ4v) is 1.43. The SMILES string of the molecule is COc1ccccc1C=Nc1ccccc1.[Cl][Co][Cl]. The molecule has 0 aliphatic heterocycles. The number of halogens is 2. The molecular weight excluding hydrogens is 328 g/mol. The molecule has 0 spiro atoms. The first kappa shape index (κ1) is 16.1. The molecule has 2 aromatic carbocycles. The molecule has 0 amide bonds. The number of hydrogen-bond acceptors (Lipinski definition) is 2. The Labute approximate surface area is 127 Å². The van der Waals surface area contributed by atoms with E-state index in [4.69, 9.17) is 25.0 Å². The van der Waals surface area contributed by atoms with Gasteiger partial charge in [0.15, 0.2) is 0 Å². The van der Waals surface area contributed by atoms with E-state index in [1.165, 1.54) is 0 Å². The van der Waals surface area contributed by atoms with Crippen LogP contribution in [-0.4, -0.2) is 13.3 Å². The molecule has 19 heavy (non-hydrogen) atoms. The first-order chi connectivity index (χ1) is 9.31. The molecule has 0 radical (unpaired) electrons. The minimum atomic E-state index is 0.382. The van der Waals surface area contributed by atoms with Crippen LogP contribution in [0.5, 0.6) is 5.75 Å². The van der Waals surface area contributed by atoms with E-state index in [1.807, 2.05) is 60.8 Å². The minimum absolute atomic E-state index is 0.382. The second kappa shape index (κ2) is 9.87. The number of ether oxygens (including phenoxy) is 1. The molecule has 0 saturated carbocycles. The summed E-state index contributed by atoms with van der Waals surface area (Å²) in [5.41, 5.74) is 1.92. The van der Waals surface area contributed by atoms with Crippen LogP contribution in [0.2, 0.25) is 0 Å². The van der Waals surface area contributed by atoms with Crippen LogP contribution in [0.25, 0.3) is 0 Å². The van der Waals surface area contributed by atoms with Crippen molar-refractivity contribution >= 4 is 32.2 Å². The summed E-state index contributed by atoms with van der Waals surface area (Å²) in [5, 5.41) is 0. The third-order valence-corrected chi connectivity index (χ3v) is 2.25. The van der Waals surface area contributed by atoms with Gasteiger partial charge >= 0.3 is 33.2 Å². The van der Waals surface area contributed by atoms with Crippen LogP contribution in [-0.2, 0) is 12.9 Å². The van der Waals surface area contributed by atoms with Gasteiger partial charge < -0.3 is 4.74 Å². The summed E-state index contributed by atoms with van der Waals surface area (Å²) in [5.74, 6) is 0.835. The van der Waals surface area contributed by atoms with Gasteiger partial charge in [0.05, 0.1) is 12.8 Å². The third-order valence-electron chi connectivity index (χ3n) is 2.25. The van der Waals surface area contributed by atoms with Crippen molar-refractivity contribution in [3.63, 3.8) is 0 Å². The molecule has 0 bridgehead atoms. The van der Waals surface area contributed by atoms with Gasteiger partial charge in [-0.1, -0.05) is 30.3 Å². The zero-order chi connectivity index (χ0) is 13.9. The van der Waals surface area contributed by atoms with Gasteiger partial charge in [-0.05, 0) is 24.3 Å². The van der Waals surface area contributed by atoms with E-state index in [1.54, 1.807) is 7.11 Å². The molecule has 0 N–H and O–H groups in total. The normalized spacial score (nSPS) is 10.1. The second-order valence-corrected chi connectivity index (χ2v) is 5.10. The van der Waals surface area contributed by atoms with Crippen molar-refractivity contribution < 1.29 is 17.6 Å². The molecule has 2 rings (SSSR count). The summed E-state index contributed by atoms with van der Waals surface area (Å²) in [4.78, 5) is 4.38. The predicted octanol–water partition coefficient (Wildman–Crippen LogP) is 4.82. The molecule has 2 nitrogen and oxygen atoms in total. The number of methoxy groups -OCH3 is 1. The molecule has 2 aromatic rings. The summed E-state index contributed by atoms with van der Waals surface area (Å²) in [7, 11) is 11.1. The molecule has 0 atom stereocenters. The van der Waals surface area contributed by atoms with E-state index >= 15 is 0 Å². The van der Waals surface area contributed by atoms with Crippen LogP contribution in [0.4, 0.5) is 5.69 Å². The van der Waals surface area contributed by atoms with E-state index in [9.17, 15) is 0 Å². The molecule has 0 aliphatic carbocycles. The Hall–Kier alpha value is -1.00. The Morgan fingerprint density at radius 1 is 1.00 bits per heavy atom. The maximum absolute atomic E-state index is 5.24. The predicted molar refractivity (Wildman–Crippen MR) is 78.4 cm³/mol. The van der Waals surface area contributed by atoms with Crippen LogP contribution < -0.4 is 4.74 Å². The van der Waals surface area contributed by atoms with E-state index in [2.05, 4.69) is 4.99 Å². The summed E-state index contributed by atoms with van der Waals surface area (Å²) >= 11 is 0.382. The molecule has 0 aromatic heterocycles. The third kappa shape index (κ3) is 6.12. The van der Waals surface area contributed by atoms with E-state index in [-0.39, 0.29) is 0 Å². The van der Waals surface area contributed by atoms with Crippen molar-refractivity contribution in [3.05, 3.63) is 60.2 Å². The molecule has 103 valence electrons. The van der Waals surface area contributed by atoms with Gasteiger partial charge in [-0.15, -0.1) is 0 Å². The van der Waals surface area contributed by atoms with Crippen molar-refractivity contribution in [1.29, 1.82) is 0 Å². The van der Waals surface area contributed by atoms with E-state index in [0.29, 0.717) is 12.9 Å². The van der Waals surface area contributed by atoms with Crippen molar-refractivity contribution in [2.75, 3.05) is 7.11 Å². The molecule has 0 fully saturated rings. The molecule has 0 aliphatic rings. The Bertz CT molecular complexity index is 506. The van der Waals surface area contributed by atoms with Crippen LogP contribution in [0.1, 0.15) is 5.56 Å². The van der Waals surface area contributed by atoms with Gasteiger partial charge in [0.1, 0.15) is 5.75 Å². The summed E-state index contributed by atoms with van der Waals surface area (Å²) in [6.07, 6.45) is 1.81. The Morgan fingerprint density at radius 2 is 1.58 bits per heavy atom. The van der Waals surface area contributed by atoms with Crippen LogP contribution in [0.15, 0.2) is 59.6 Å². The molecule has 0 unspecified atom stereocenters. The average molecular weight is 341 g/mol. The maximum atomic E-state index is 5.24. The molecule has 0 heterocycles. The van der Waals surface area contributed by atoms with Gasteiger partial charge in [0.2, 0.25) is 0 Å². The molecular formula is C14H13Cl2CoNO. The van der Waals surface area contributed by atoms with Crippen LogP contribution >= 0.6 is 20.3 Å². The summed E-state index contributed by atoms with van der Waals surface area (Å²) < 4.78 is 5.24. The number of rotatable bonds is 3. The Balaban J connectivity index is 0.000000550. The standard InChI is InChI=1S/C14H13NO.2ClH.Co/c1-16-14-10-6-5-7-12(14)11-15-13-8-3-2-4-9-13;;;/h2-11H,1H3;2*1H;/q;;;+2/p-2. The first-order valence-corrected chi connectivity index (χ1v) is 8.24.